The highest BCUT2D eigenvalue weighted by atomic mass is 32.2. The molecule has 0 N–H and O–H groups in total. The quantitative estimate of drug-likeness (QED) is 0.520. The molecule has 0 saturated carbocycles. The number of amides is 3. The summed E-state index contributed by atoms with van der Waals surface area (Å²) in [7, 11) is 0. The molecule has 2 aromatic carbocycles. The third-order valence-corrected chi connectivity index (χ3v) is 6.84. The highest BCUT2D eigenvalue weighted by Crippen LogP contribution is 2.35. The molecule has 174 valence electrons. The highest BCUT2D eigenvalue weighted by Gasteiger charge is 2.35. The van der Waals surface area contributed by atoms with Gasteiger partial charge in [0.2, 0.25) is 5.91 Å². The van der Waals surface area contributed by atoms with Crippen LogP contribution >= 0.6 is 11.8 Å². The van der Waals surface area contributed by atoms with Gasteiger partial charge in [-0.05, 0) is 30.0 Å². The second-order valence-electron chi connectivity index (χ2n) is 8.08. The lowest BCUT2D eigenvalue weighted by atomic mass is 10.1. The van der Waals surface area contributed by atoms with Crippen molar-refractivity contribution >= 4 is 45.8 Å². The molecule has 7 nitrogen and oxygen atoms in total. The molecular formula is C25H22FN3O4S. The molecule has 0 radical (unpaired) electrons. The van der Waals surface area contributed by atoms with E-state index in [0.717, 1.165) is 33.1 Å². The minimum Gasteiger partial charge on any atom is -0.378 e. The number of rotatable bonds is 5. The van der Waals surface area contributed by atoms with Gasteiger partial charge in [-0.3, -0.25) is 19.3 Å². The number of para-hydroxylation sites is 1. The second-order valence-corrected chi connectivity index (χ2v) is 9.08. The van der Waals surface area contributed by atoms with E-state index in [1.165, 1.54) is 6.07 Å². The normalized spacial score (nSPS) is 17.9. The number of halogens is 1. The SMILES string of the molecule is O=C(Cn1cc(/C=C2\SC(=O)N(Cc3ccccc3F)C2=O)c2ccccc21)N1CCOCC1. The van der Waals surface area contributed by atoms with Crippen molar-refractivity contribution in [1.29, 1.82) is 0 Å². The van der Waals surface area contributed by atoms with Crippen LogP contribution in [0.2, 0.25) is 0 Å². The van der Waals surface area contributed by atoms with Gasteiger partial charge in [0.15, 0.2) is 0 Å². The van der Waals surface area contributed by atoms with Crippen LogP contribution in [0.5, 0.6) is 0 Å². The number of benzene rings is 2. The number of morpholine rings is 1. The zero-order valence-corrected chi connectivity index (χ0v) is 19.1. The van der Waals surface area contributed by atoms with E-state index in [4.69, 9.17) is 4.74 Å². The van der Waals surface area contributed by atoms with Gasteiger partial charge in [0, 0.05) is 41.3 Å². The molecule has 2 aliphatic rings. The Balaban J connectivity index is 1.41. The molecule has 3 aromatic rings. The Hall–Kier alpha value is -3.43. The van der Waals surface area contributed by atoms with E-state index in [9.17, 15) is 18.8 Å². The van der Waals surface area contributed by atoms with Crippen LogP contribution in [0.3, 0.4) is 0 Å². The molecule has 0 aliphatic carbocycles. The maximum atomic E-state index is 14.0. The summed E-state index contributed by atoms with van der Waals surface area (Å²) in [5, 5.41) is 0.434. The molecule has 2 aliphatic heterocycles. The number of carbonyl (C=O) groups is 3. The van der Waals surface area contributed by atoms with Crippen LogP contribution in [0.1, 0.15) is 11.1 Å². The predicted octanol–water partition coefficient (Wildman–Crippen LogP) is 3.88. The third-order valence-electron chi connectivity index (χ3n) is 5.94. The molecule has 2 fully saturated rings. The Labute approximate surface area is 199 Å². The molecule has 5 rings (SSSR count). The topological polar surface area (TPSA) is 71.9 Å². The Morgan fingerprint density at radius 2 is 1.79 bits per heavy atom. The summed E-state index contributed by atoms with van der Waals surface area (Å²) >= 11 is 0.834. The molecule has 2 saturated heterocycles. The van der Waals surface area contributed by atoms with E-state index in [0.29, 0.717) is 26.3 Å². The molecule has 9 heteroatoms. The summed E-state index contributed by atoms with van der Waals surface area (Å²) in [6.07, 6.45) is 3.50. The van der Waals surface area contributed by atoms with Gasteiger partial charge in [0.05, 0.1) is 24.7 Å². The van der Waals surface area contributed by atoms with Crippen LogP contribution in [0.15, 0.2) is 59.6 Å². The van der Waals surface area contributed by atoms with E-state index in [-0.39, 0.29) is 29.5 Å². The lowest BCUT2D eigenvalue weighted by Crippen LogP contribution is -2.42. The second kappa shape index (κ2) is 9.44. The van der Waals surface area contributed by atoms with Gasteiger partial charge in [-0.2, -0.15) is 0 Å². The van der Waals surface area contributed by atoms with Crippen molar-refractivity contribution in [2.75, 3.05) is 26.3 Å². The van der Waals surface area contributed by atoms with E-state index < -0.39 is 17.0 Å². The average Bonchev–Trinajstić information content (AvgIpc) is 3.33. The number of hydrogen-bond acceptors (Lipinski definition) is 5. The third kappa shape index (κ3) is 4.36. The standard InChI is InChI=1S/C25H22FN3O4S/c26-20-7-3-1-5-17(20)15-29-24(31)22(34-25(29)32)13-18-14-28(21-8-4-2-6-19(18)21)16-23(30)27-9-11-33-12-10-27/h1-8,13-14H,9-12,15-16H2/b22-13-. The zero-order chi connectivity index (χ0) is 23.7. The summed E-state index contributed by atoms with van der Waals surface area (Å²) < 4.78 is 21.2. The largest absolute Gasteiger partial charge is 0.378 e. The smallest absolute Gasteiger partial charge is 0.293 e. The summed E-state index contributed by atoms with van der Waals surface area (Å²) in [6.45, 7) is 2.26. The number of ether oxygens (including phenoxy) is 1. The lowest BCUT2D eigenvalue weighted by molar-refractivity contribution is -0.135. The Morgan fingerprint density at radius 1 is 1.06 bits per heavy atom. The first-order valence-electron chi connectivity index (χ1n) is 10.9. The molecule has 3 heterocycles. The molecule has 1 aromatic heterocycles. The first kappa shape index (κ1) is 22.4. The minimum absolute atomic E-state index is 0.000754. The Bertz CT molecular complexity index is 1310. The minimum atomic E-state index is -0.460. The molecule has 34 heavy (non-hydrogen) atoms. The summed E-state index contributed by atoms with van der Waals surface area (Å²) in [5.41, 5.74) is 1.88. The predicted molar refractivity (Wildman–Crippen MR) is 127 cm³/mol. The monoisotopic (exact) mass is 479 g/mol. The maximum absolute atomic E-state index is 14.0. The van der Waals surface area contributed by atoms with Gasteiger partial charge < -0.3 is 14.2 Å². The fourth-order valence-corrected chi connectivity index (χ4v) is 4.98. The first-order chi connectivity index (χ1) is 16.5. The highest BCUT2D eigenvalue weighted by molar-refractivity contribution is 8.18. The van der Waals surface area contributed by atoms with Crippen LogP contribution in [0.4, 0.5) is 9.18 Å². The Kier molecular flexibility index (Phi) is 6.21. The van der Waals surface area contributed by atoms with E-state index in [1.54, 1.807) is 29.2 Å². The van der Waals surface area contributed by atoms with E-state index >= 15 is 0 Å². The maximum Gasteiger partial charge on any atom is 0.293 e. The van der Waals surface area contributed by atoms with Crippen LogP contribution in [-0.4, -0.2) is 57.7 Å². The van der Waals surface area contributed by atoms with Crippen molar-refractivity contribution in [1.82, 2.24) is 14.4 Å². The van der Waals surface area contributed by atoms with Crippen LogP contribution < -0.4 is 0 Å². The van der Waals surface area contributed by atoms with Crippen molar-refractivity contribution in [3.05, 3.63) is 76.6 Å². The molecule has 0 bridgehead atoms. The summed E-state index contributed by atoms with van der Waals surface area (Å²) in [4.78, 5) is 41.4. The Morgan fingerprint density at radius 3 is 2.59 bits per heavy atom. The van der Waals surface area contributed by atoms with Crippen LogP contribution in [0.25, 0.3) is 17.0 Å². The van der Waals surface area contributed by atoms with Crippen molar-refractivity contribution in [2.45, 2.75) is 13.1 Å². The summed E-state index contributed by atoms with van der Waals surface area (Å²) in [6, 6.07) is 13.7. The van der Waals surface area contributed by atoms with Crippen LogP contribution in [0, 0.1) is 5.82 Å². The number of hydrogen-bond donors (Lipinski definition) is 0. The number of thioether (sulfide) groups is 1. The molecule has 0 unspecified atom stereocenters. The van der Waals surface area contributed by atoms with Gasteiger partial charge in [-0.1, -0.05) is 36.4 Å². The number of fused-ring (bicyclic) bond motifs is 1. The van der Waals surface area contributed by atoms with Crippen molar-refractivity contribution in [3.8, 4) is 0 Å². The fourth-order valence-electron chi connectivity index (χ4n) is 4.15. The number of nitrogens with zero attached hydrogens (tertiary/aromatic N) is 3. The molecule has 3 amide bonds. The number of carbonyl (C=O) groups excluding carboxylic acids is 3. The molecule has 0 spiro atoms. The number of imide groups is 1. The zero-order valence-electron chi connectivity index (χ0n) is 18.3. The lowest BCUT2D eigenvalue weighted by Gasteiger charge is -2.27. The van der Waals surface area contributed by atoms with Crippen molar-refractivity contribution in [2.24, 2.45) is 0 Å². The van der Waals surface area contributed by atoms with E-state index in [1.807, 2.05) is 35.0 Å². The molecular weight excluding hydrogens is 457 g/mol. The first-order valence-corrected chi connectivity index (χ1v) is 11.7. The average molecular weight is 480 g/mol. The van der Waals surface area contributed by atoms with Gasteiger partial charge >= 0.3 is 0 Å². The fraction of sp³-hybridized carbons (Fsp3) is 0.240. The summed E-state index contributed by atoms with van der Waals surface area (Å²) in [5.74, 6) is -0.918. The number of aromatic nitrogens is 1. The molecule has 0 atom stereocenters. The van der Waals surface area contributed by atoms with Crippen molar-refractivity contribution in [3.63, 3.8) is 0 Å². The van der Waals surface area contributed by atoms with Gasteiger partial charge in [-0.15, -0.1) is 0 Å². The van der Waals surface area contributed by atoms with Crippen LogP contribution in [-0.2, 0) is 27.4 Å². The van der Waals surface area contributed by atoms with E-state index in [2.05, 4.69) is 0 Å². The van der Waals surface area contributed by atoms with Gasteiger partial charge in [-0.25, -0.2) is 4.39 Å². The van der Waals surface area contributed by atoms with Crippen molar-refractivity contribution < 1.29 is 23.5 Å². The van der Waals surface area contributed by atoms with Gasteiger partial charge in [0.25, 0.3) is 11.1 Å². The van der Waals surface area contributed by atoms with Gasteiger partial charge in [0.1, 0.15) is 12.4 Å².